The minimum Gasteiger partial charge on any atom is -0.466 e. The molecule has 0 radical (unpaired) electrons. The highest BCUT2D eigenvalue weighted by Gasteiger charge is 2.35. The third-order valence-electron chi connectivity index (χ3n) is 3.19. The summed E-state index contributed by atoms with van der Waals surface area (Å²) in [6, 6.07) is 2.15. The Kier molecular flexibility index (Phi) is 5.37. The lowest BCUT2D eigenvalue weighted by Gasteiger charge is -2.15. The Morgan fingerprint density at radius 1 is 1.20 bits per heavy atom. The summed E-state index contributed by atoms with van der Waals surface area (Å²) in [6.45, 7) is -0.205. The van der Waals surface area contributed by atoms with Crippen LogP contribution in [0.15, 0.2) is 32.3 Å². The van der Waals surface area contributed by atoms with Gasteiger partial charge < -0.3 is 9.47 Å². The van der Waals surface area contributed by atoms with Gasteiger partial charge in [-0.15, -0.1) is 0 Å². The van der Waals surface area contributed by atoms with Crippen LogP contribution in [-0.4, -0.2) is 23.0 Å². The third-order valence-corrected chi connectivity index (χ3v) is 3.80. The van der Waals surface area contributed by atoms with Gasteiger partial charge in [-0.3, -0.25) is 9.36 Å². The van der Waals surface area contributed by atoms with E-state index in [2.05, 4.69) is 15.9 Å². The lowest BCUT2D eigenvalue weighted by Crippen LogP contribution is -2.41. The van der Waals surface area contributed by atoms with E-state index >= 15 is 0 Å². The highest BCUT2D eigenvalue weighted by Crippen LogP contribution is 2.30. The third kappa shape index (κ3) is 3.76. The molecule has 0 aliphatic carbocycles. The van der Waals surface area contributed by atoms with Crippen molar-refractivity contribution in [3.05, 3.63) is 55.0 Å². The maximum Gasteiger partial charge on any atom is 0.431 e. The number of alkyl halides is 3. The molecule has 0 N–H and O–H groups in total. The number of benzene rings is 1. The Morgan fingerprint density at radius 3 is 2.40 bits per heavy atom. The van der Waals surface area contributed by atoms with Gasteiger partial charge in [-0.25, -0.2) is 13.8 Å². The topological polar surface area (TPSA) is 62.5 Å². The van der Waals surface area contributed by atoms with Crippen molar-refractivity contribution in [3.63, 3.8) is 0 Å². The van der Waals surface area contributed by atoms with Gasteiger partial charge in [0.1, 0.15) is 17.3 Å². The van der Waals surface area contributed by atoms with Crippen molar-refractivity contribution >= 4 is 15.9 Å². The minimum absolute atomic E-state index is 0.0344. The molecule has 0 spiro atoms. The lowest BCUT2D eigenvalue weighted by molar-refractivity contribution is -0.144. The fourth-order valence-corrected chi connectivity index (χ4v) is 2.47. The maximum atomic E-state index is 14.2. The molecule has 0 aliphatic heterocycles. The molecule has 11 heteroatoms. The number of halogens is 5. The Balaban J connectivity index is 2.73. The number of methoxy groups -OCH3 is 1. The molecule has 0 atom stereocenters. The second-order valence-electron chi connectivity index (χ2n) is 4.83. The monoisotopic (exact) mass is 426 g/mol. The average Bonchev–Trinajstić information content (AvgIpc) is 2.50. The molecule has 6 nitrogen and oxygen atoms in total. The summed E-state index contributed by atoms with van der Waals surface area (Å²) in [7, 11) is 2.18. The van der Waals surface area contributed by atoms with Crippen molar-refractivity contribution < 1.29 is 27.0 Å². The van der Waals surface area contributed by atoms with Crippen molar-refractivity contribution in [3.8, 4) is 11.4 Å². The average molecular weight is 427 g/mol. The van der Waals surface area contributed by atoms with Crippen LogP contribution in [0, 0.1) is 5.82 Å². The Labute approximate surface area is 146 Å². The summed E-state index contributed by atoms with van der Waals surface area (Å²) in [5.74, 6) is -0.970. The van der Waals surface area contributed by atoms with Gasteiger partial charge in [0.25, 0.3) is 5.56 Å². The molecule has 0 unspecified atom stereocenters. The molecule has 136 valence electrons. The molecule has 1 aromatic heterocycles. The fraction of sp³-hybridized carbons (Fsp3) is 0.286. The highest BCUT2D eigenvalue weighted by atomic mass is 79.9. The summed E-state index contributed by atoms with van der Waals surface area (Å²) in [5.41, 5.74) is -4.66. The molecular formula is C14H11BrF4N2O4. The maximum absolute atomic E-state index is 14.2. The van der Waals surface area contributed by atoms with Crippen LogP contribution in [0.3, 0.4) is 0 Å². The lowest BCUT2D eigenvalue weighted by atomic mass is 10.2. The van der Waals surface area contributed by atoms with E-state index in [1.165, 1.54) is 7.11 Å². The molecule has 1 heterocycles. The second-order valence-corrected chi connectivity index (χ2v) is 5.68. The molecule has 1 aromatic carbocycles. The summed E-state index contributed by atoms with van der Waals surface area (Å²) in [4.78, 5) is 24.2. The first-order chi connectivity index (χ1) is 11.6. The van der Waals surface area contributed by atoms with Crippen LogP contribution in [-0.2, 0) is 18.0 Å². The van der Waals surface area contributed by atoms with Crippen molar-refractivity contribution in [2.24, 2.45) is 7.05 Å². The van der Waals surface area contributed by atoms with Crippen molar-refractivity contribution in [2.45, 2.75) is 6.18 Å². The van der Waals surface area contributed by atoms with E-state index in [1.54, 1.807) is 0 Å². The Morgan fingerprint density at radius 2 is 1.84 bits per heavy atom. The first-order valence-electron chi connectivity index (χ1n) is 6.59. The van der Waals surface area contributed by atoms with Gasteiger partial charge in [0.15, 0.2) is 6.79 Å². The zero-order chi connectivity index (χ0) is 18.9. The second kappa shape index (κ2) is 7.00. The fourth-order valence-electron chi connectivity index (χ4n) is 2.04. The van der Waals surface area contributed by atoms with Crippen molar-refractivity contribution in [1.29, 1.82) is 0 Å². The van der Waals surface area contributed by atoms with E-state index in [0.29, 0.717) is 0 Å². The molecule has 0 fully saturated rings. The molecular weight excluding hydrogens is 416 g/mol. The van der Waals surface area contributed by atoms with Gasteiger partial charge in [-0.1, -0.05) is 0 Å². The van der Waals surface area contributed by atoms with Gasteiger partial charge in [0.05, 0.1) is 10.2 Å². The van der Waals surface area contributed by atoms with Crippen LogP contribution in [0.25, 0.3) is 5.69 Å². The zero-order valence-electron chi connectivity index (χ0n) is 12.9. The molecule has 0 saturated heterocycles. The van der Waals surface area contributed by atoms with E-state index in [0.717, 1.165) is 19.2 Å². The molecule has 2 aromatic rings. The molecule has 25 heavy (non-hydrogen) atoms. The van der Waals surface area contributed by atoms with Crippen LogP contribution < -0.4 is 16.0 Å². The number of hydrogen-bond acceptors (Lipinski definition) is 4. The van der Waals surface area contributed by atoms with Gasteiger partial charge in [-0.2, -0.15) is 13.2 Å². The Hall–Kier alpha value is -2.14. The minimum atomic E-state index is -4.91. The van der Waals surface area contributed by atoms with E-state index < -0.39 is 34.6 Å². The van der Waals surface area contributed by atoms with E-state index in [-0.39, 0.29) is 32.2 Å². The standard InChI is InChI=1S/C14H11BrF4N2O4/c1-20-11(14(17,18)19)5-12(22)21(13(20)23)9-4-10(25-6-24-2)7(15)3-8(9)16/h3-5H,6H2,1-2H3. The number of rotatable bonds is 4. The number of ether oxygens (including phenoxy) is 2. The predicted molar refractivity (Wildman–Crippen MR) is 82.4 cm³/mol. The molecule has 0 amide bonds. The van der Waals surface area contributed by atoms with Crippen LogP contribution in [0.2, 0.25) is 0 Å². The number of aromatic nitrogens is 2. The van der Waals surface area contributed by atoms with Gasteiger partial charge >= 0.3 is 11.9 Å². The predicted octanol–water partition coefficient (Wildman–Crippen LogP) is 2.44. The van der Waals surface area contributed by atoms with E-state index in [1.807, 2.05) is 0 Å². The van der Waals surface area contributed by atoms with Gasteiger partial charge in [-0.05, 0) is 22.0 Å². The van der Waals surface area contributed by atoms with Gasteiger partial charge in [0, 0.05) is 26.3 Å². The van der Waals surface area contributed by atoms with Crippen LogP contribution >= 0.6 is 15.9 Å². The first-order valence-corrected chi connectivity index (χ1v) is 7.38. The summed E-state index contributed by atoms with van der Waals surface area (Å²) in [6.07, 6.45) is -4.91. The SMILES string of the molecule is COCOc1cc(-n2c(=O)cc(C(F)(F)F)n(C)c2=O)c(F)cc1Br. The molecule has 0 aliphatic rings. The summed E-state index contributed by atoms with van der Waals surface area (Å²) in [5, 5.41) is 0. The first kappa shape index (κ1) is 19.2. The number of hydrogen-bond donors (Lipinski definition) is 0. The quantitative estimate of drug-likeness (QED) is 0.556. The van der Waals surface area contributed by atoms with E-state index in [9.17, 15) is 27.2 Å². The smallest absolute Gasteiger partial charge is 0.431 e. The summed E-state index contributed by atoms with van der Waals surface area (Å²) >= 11 is 3.03. The van der Waals surface area contributed by atoms with Crippen molar-refractivity contribution in [2.75, 3.05) is 13.9 Å². The van der Waals surface area contributed by atoms with Crippen molar-refractivity contribution in [1.82, 2.24) is 9.13 Å². The summed E-state index contributed by atoms with van der Waals surface area (Å²) < 4.78 is 63.3. The van der Waals surface area contributed by atoms with E-state index in [4.69, 9.17) is 9.47 Å². The molecule has 0 saturated carbocycles. The largest absolute Gasteiger partial charge is 0.466 e. The zero-order valence-corrected chi connectivity index (χ0v) is 14.4. The van der Waals surface area contributed by atoms with Crippen LogP contribution in [0.1, 0.15) is 5.69 Å². The molecule has 2 rings (SSSR count). The van der Waals surface area contributed by atoms with Gasteiger partial charge in [0.2, 0.25) is 0 Å². The molecule has 0 bridgehead atoms. The van der Waals surface area contributed by atoms with Crippen LogP contribution in [0.5, 0.6) is 5.75 Å². The Bertz CT molecular complexity index is 921. The normalized spacial score (nSPS) is 11.6. The van der Waals surface area contributed by atoms with Crippen LogP contribution in [0.4, 0.5) is 17.6 Å². The number of nitrogens with zero attached hydrogens (tertiary/aromatic N) is 2. The highest BCUT2D eigenvalue weighted by molar-refractivity contribution is 9.10.